The van der Waals surface area contributed by atoms with Crippen molar-refractivity contribution >= 4 is 17.7 Å². The molecule has 0 bridgehead atoms. The highest BCUT2D eigenvalue weighted by Crippen LogP contribution is 2.29. The lowest BCUT2D eigenvalue weighted by atomic mass is 9.88. The van der Waals surface area contributed by atoms with E-state index in [-0.39, 0.29) is 11.9 Å². The fourth-order valence-corrected chi connectivity index (χ4v) is 4.63. The van der Waals surface area contributed by atoms with Gasteiger partial charge in [0.1, 0.15) is 5.82 Å². The normalized spacial score (nSPS) is 19.6. The molecule has 1 aliphatic carbocycles. The molecule has 0 spiro atoms. The summed E-state index contributed by atoms with van der Waals surface area (Å²) in [4.78, 5) is 12.5. The number of amides is 1. The zero-order chi connectivity index (χ0) is 17.1. The molecule has 1 aliphatic heterocycles. The third-order valence-electron chi connectivity index (χ3n) is 5.11. The van der Waals surface area contributed by atoms with Gasteiger partial charge in [0, 0.05) is 13.0 Å². The van der Waals surface area contributed by atoms with E-state index in [1.54, 1.807) is 0 Å². The maximum absolute atomic E-state index is 12.5. The Kier molecular flexibility index (Phi) is 5.06. The first-order valence-corrected chi connectivity index (χ1v) is 10.2. The van der Waals surface area contributed by atoms with Crippen LogP contribution < -0.4 is 5.32 Å². The molecule has 0 saturated heterocycles. The number of hydrogen-bond donors (Lipinski definition) is 1. The zero-order valence-electron chi connectivity index (χ0n) is 14.4. The highest BCUT2D eigenvalue weighted by atomic mass is 32.2. The first-order chi connectivity index (χ1) is 12.3. The van der Waals surface area contributed by atoms with Crippen LogP contribution in [-0.4, -0.2) is 26.4 Å². The average Bonchev–Trinajstić information content (AvgIpc) is 2.86. The molecule has 2 aromatic rings. The van der Waals surface area contributed by atoms with E-state index in [9.17, 15) is 4.79 Å². The molecule has 6 heteroatoms. The topological polar surface area (TPSA) is 59.8 Å². The van der Waals surface area contributed by atoms with Crippen LogP contribution in [0.4, 0.5) is 0 Å². The first kappa shape index (κ1) is 16.6. The van der Waals surface area contributed by atoms with Crippen LogP contribution in [0.1, 0.15) is 55.1 Å². The number of carbonyl (C=O) groups excluding carboxylic acids is 1. The maximum Gasteiger partial charge on any atom is 0.230 e. The van der Waals surface area contributed by atoms with E-state index < -0.39 is 0 Å². The van der Waals surface area contributed by atoms with Crippen LogP contribution in [0.25, 0.3) is 0 Å². The van der Waals surface area contributed by atoms with Crippen molar-refractivity contribution in [3.63, 3.8) is 0 Å². The average molecular weight is 356 g/mol. The number of aryl methyl sites for hydroxylation is 2. The summed E-state index contributed by atoms with van der Waals surface area (Å²) in [5, 5.41) is 12.7. The number of fused-ring (bicyclic) bond motifs is 2. The molecule has 1 amide bonds. The van der Waals surface area contributed by atoms with E-state index in [1.807, 2.05) is 0 Å². The molecule has 25 heavy (non-hydrogen) atoms. The Balaban J connectivity index is 1.37. The summed E-state index contributed by atoms with van der Waals surface area (Å²) in [5.41, 5.74) is 2.65. The summed E-state index contributed by atoms with van der Waals surface area (Å²) in [5.74, 6) is 1.55. The molecule has 0 saturated carbocycles. The first-order valence-electron chi connectivity index (χ1n) is 9.23. The molecular formula is C19H24N4OS. The molecule has 5 nitrogen and oxygen atoms in total. The predicted molar refractivity (Wildman–Crippen MR) is 98.6 cm³/mol. The Morgan fingerprint density at radius 3 is 3.04 bits per heavy atom. The maximum atomic E-state index is 12.5. The second kappa shape index (κ2) is 7.60. The number of rotatable bonds is 4. The van der Waals surface area contributed by atoms with Gasteiger partial charge in [-0.25, -0.2) is 0 Å². The van der Waals surface area contributed by atoms with Gasteiger partial charge in [0.15, 0.2) is 5.16 Å². The molecule has 2 heterocycles. The Morgan fingerprint density at radius 2 is 2.08 bits per heavy atom. The quantitative estimate of drug-likeness (QED) is 0.854. The number of aromatic nitrogens is 3. The number of thioether (sulfide) groups is 1. The van der Waals surface area contributed by atoms with Gasteiger partial charge in [-0.3, -0.25) is 4.79 Å². The lowest BCUT2D eigenvalue weighted by Gasteiger charge is -2.26. The van der Waals surface area contributed by atoms with Gasteiger partial charge in [0.05, 0.1) is 11.8 Å². The molecule has 2 aliphatic rings. The Labute approximate surface area is 152 Å². The number of benzene rings is 1. The van der Waals surface area contributed by atoms with E-state index in [0.717, 1.165) is 43.2 Å². The van der Waals surface area contributed by atoms with Crippen LogP contribution in [0.3, 0.4) is 0 Å². The van der Waals surface area contributed by atoms with Crippen molar-refractivity contribution in [3.05, 3.63) is 41.2 Å². The van der Waals surface area contributed by atoms with Crippen LogP contribution in [0.5, 0.6) is 0 Å². The van der Waals surface area contributed by atoms with Crippen molar-refractivity contribution < 1.29 is 4.79 Å². The summed E-state index contributed by atoms with van der Waals surface area (Å²) < 4.78 is 2.20. The minimum Gasteiger partial charge on any atom is -0.349 e. The van der Waals surface area contributed by atoms with Crippen molar-refractivity contribution in [2.75, 3.05) is 5.75 Å². The van der Waals surface area contributed by atoms with Crippen molar-refractivity contribution in [2.45, 2.75) is 62.7 Å². The van der Waals surface area contributed by atoms with Crippen molar-refractivity contribution in [1.29, 1.82) is 0 Å². The van der Waals surface area contributed by atoms with Crippen LogP contribution >= 0.6 is 11.8 Å². The number of nitrogens with one attached hydrogen (secondary N) is 1. The summed E-state index contributed by atoms with van der Waals surface area (Å²) >= 11 is 1.51. The molecule has 1 atom stereocenters. The van der Waals surface area contributed by atoms with Crippen LogP contribution in [0, 0.1) is 0 Å². The lowest BCUT2D eigenvalue weighted by molar-refractivity contribution is -0.119. The second-order valence-corrected chi connectivity index (χ2v) is 7.80. The van der Waals surface area contributed by atoms with Crippen molar-refractivity contribution in [1.82, 2.24) is 20.1 Å². The zero-order valence-corrected chi connectivity index (χ0v) is 15.2. The van der Waals surface area contributed by atoms with E-state index in [2.05, 4.69) is 44.3 Å². The van der Waals surface area contributed by atoms with E-state index in [4.69, 9.17) is 0 Å². The van der Waals surface area contributed by atoms with E-state index in [0.29, 0.717) is 5.75 Å². The molecule has 1 aromatic heterocycles. The van der Waals surface area contributed by atoms with Gasteiger partial charge in [-0.15, -0.1) is 10.2 Å². The van der Waals surface area contributed by atoms with Gasteiger partial charge in [0.25, 0.3) is 0 Å². The molecule has 1 aromatic carbocycles. The van der Waals surface area contributed by atoms with E-state index in [1.165, 1.54) is 42.2 Å². The van der Waals surface area contributed by atoms with Crippen LogP contribution in [0.2, 0.25) is 0 Å². The van der Waals surface area contributed by atoms with Gasteiger partial charge in [0.2, 0.25) is 5.91 Å². The summed E-state index contributed by atoms with van der Waals surface area (Å²) in [6.45, 7) is 0.974. The number of nitrogens with zero attached hydrogens (tertiary/aromatic N) is 3. The largest absolute Gasteiger partial charge is 0.349 e. The SMILES string of the molecule is O=C(CSc1nnc2n1CCCCC2)NC1CCCc2ccccc21. The fraction of sp³-hybridized carbons (Fsp3) is 0.526. The minimum atomic E-state index is 0.0812. The van der Waals surface area contributed by atoms with Crippen molar-refractivity contribution in [2.24, 2.45) is 0 Å². The molecular weight excluding hydrogens is 332 g/mol. The lowest BCUT2D eigenvalue weighted by Crippen LogP contribution is -2.32. The fourth-order valence-electron chi connectivity index (χ4n) is 3.84. The molecule has 1 N–H and O–H groups in total. The van der Waals surface area contributed by atoms with Crippen LogP contribution in [0.15, 0.2) is 29.4 Å². The molecule has 0 radical (unpaired) electrons. The smallest absolute Gasteiger partial charge is 0.230 e. The summed E-state index contributed by atoms with van der Waals surface area (Å²) in [7, 11) is 0. The van der Waals surface area contributed by atoms with E-state index >= 15 is 0 Å². The third kappa shape index (κ3) is 3.73. The molecule has 0 fully saturated rings. The minimum absolute atomic E-state index is 0.0812. The highest BCUT2D eigenvalue weighted by Gasteiger charge is 2.22. The second-order valence-electron chi connectivity index (χ2n) is 6.86. The Hall–Kier alpha value is -1.82. The standard InChI is InChI=1S/C19H24N4OS/c24-18(20-16-10-6-8-14-7-3-4-9-15(14)16)13-25-19-22-21-17-11-2-1-5-12-23(17)19/h3-4,7,9,16H,1-2,5-6,8,10-13H2,(H,20,24). The van der Waals surface area contributed by atoms with Gasteiger partial charge in [-0.1, -0.05) is 42.4 Å². The van der Waals surface area contributed by atoms with Gasteiger partial charge < -0.3 is 9.88 Å². The monoisotopic (exact) mass is 356 g/mol. The molecule has 4 rings (SSSR count). The molecule has 1 unspecified atom stereocenters. The van der Waals surface area contributed by atoms with Gasteiger partial charge >= 0.3 is 0 Å². The third-order valence-corrected chi connectivity index (χ3v) is 6.08. The number of carbonyl (C=O) groups is 1. The van der Waals surface area contributed by atoms with Gasteiger partial charge in [-0.05, 0) is 43.2 Å². The summed E-state index contributed by atoms with van der Waals surface area (Å²) in [6, 6.07) is 8.60. The molecule has 132 valence electrons. The Bertz CT molecular complexity index is 758. The number of hydrogen-bond acceptors (Lipinski definition) is 4. The van der Waals surface area contributed by atoms with Gasteiger partial charge in [-0.2, -0.15) is 0 Å². The summed E-state index contributed by atoms with van der Waals surface area (Å²) in [6.07, 6.45) is 7.87. The van der Waals surface area contributed by atoms with Crippen molar-refractivity contribution in [3.8, 4) is 0 Å². The highest BCUT2D eigenvalue weighted by molar-refractivity contribution is 7.99. The van der Waals surface area contributed by atoms with Crippen LogP contribution in [-0.2, 0) is 24.2 Å². The predicted octanol–water partition coefficient (Wildman–Crippen LogP) is 3.29. The Morgan fingerprint density at radius 1 is 1.16 bits per heavy atom.